The summed E-state index contributed by atoms with van der Waals surface area (Å²) in [6.07, 6.45) is 3.55. The van der Waals surface area contributed by atoms with Crippen LogP contribution in [0.4, 0.5) is 10.9 Å². The summed E-state index contributed by atoms with van der Waals surface area (Å²) in [6, 6.07) is 0.375. The summed E-state index contributed by atoms with van der Waals surface area (Å²) in [6.45, 7) is 4.04. The van der Waals surface area contributed by atoms with Crippen molar-refractivity contribution in [3.05, 3.63) is 4.88 Å². The lowest BCUT2D eigenvalue weighted by atomic mass is 9.95. The third kappa shape index (κ3) is 2.60. The molecule has 2 fully saturated rings. The monoisotopic (exact) mass is 296 g/mol. The average molecular weight is 296 g/mol. The summed E-state index contributed by atoms with van der Waals surface area (Å²) in [5.41, 5.74) is 5.84. The first kappa shape index (κ1) is 13.6. The van der Waals surface area contributed by atoms with E-state index in [0.717, 1.165) is 19.3 Å². The number of amides is 1. The lowest BCUT2D eigenvalue weighted by Crippen LogP contribution is -2.41. The number of anilines is 2. The van der Waals surface area contributed by atoms with Gasteiger partial charge in [-0.1, -0.05) is 11.3 Å². The zero-order valence-electron chi connectivity index (χ0n) is 11.7. The second kappa shape index (κ2) is 5.21. The first-order valence-electron chi connectivity index (χ1n) is 7.02. The summed E-state index contributed by atoms with van der Waals surface area (Å²) in [7, 11) is 0. The fourth-order valence-corrected chi connectivity index (χ4v) is 3.76. The molecule has 6 nitrogen and oxygen atoms in total. The number of hydrogen-bond acceptors (Lipinski definition) is 6. The normalized spacial score (nSPS) is 28.1. The third-order valence-electron chi connectivity index (χ3n) is 3.69. The minimum Gasteiger partial charge on any atom is -0.382 e. The van der Waals surface area contributed by atoms with Gasteiger partial charge in [-0.2, -0.15) is 0 Å². The topological polar surface area (TPSA) is 89.3 Å². The number of nitrogens with zero attached hydrogens (tertiary/aromatic N) is 1. The molecule has 110 valence electrons. The summed E-state index contributed by atoms with van der Waals surface area (Å²) in [5, 5.41) is 6.88. The van der Waals surface area contributed by atoms with Gasteiger partial charge in [-0.3, -0.25) is 4.79 Å². The molecule has 0 radical (unpaired) electrons. The average Bonchev–Trinajstić information content (AvgIpc) is 3.03. The Kier molecular flexibility index (Phi) is 3.55. The van der Waals surface area contributed by atoms with E-state index in [2.05, 4.69) is 15.6 Å². The Balaban J connectivity index is 1.66. The van der Waals surface area contributed by atoms with Gasteiger partial charge in [0.2, 0.25) is 0 Å². The Hall–Kier alpha value is -1.34. The lowest BCUT2D eigenvalue weighted by Gasteiger charge is -2.19. The van der Waals surface area contributed by atoms with E-state index in [1.54, 1.807) is 0 Å². The highest BCUT2D eigenvalue weighted by molar-refractivity contribution is 7.18. The molecule has 20 heavy (non-hydrogen) atoms. The largest absolute Gasteiger partial charge is 0.382 e. The second-order valence-electron chi connectivity index (χ2n) is 5.72. The van der Waals surface area contributed by atoms with Crippen molar-refractivity contribution >= 4 is 28.2 Å². The van der Waals surface area contributed by atoms with Gasteiger partial charge in [-0.05, 0) is 33.1 Å². The molecule has 2 bridgehead atoms. The van der Waals surface area contributed by atoms with Gasteiger partial charge in [0.1, 0.15) is 10.7 Å². The van der Waals surface area contributed by atoms with Crippen molar-refractivity contribution in [2.45, 2.75) is 57.4 Å². The van der Waals surface area contributed by atoms with Crippen molar-refractivity contribution in [3.8, 4) is 0 Å². The Morgan fingerprint density at radius 2 is 2.30 bits per heavy atom. The minimum absolute atomic E-state index is 0.115. The van der Waals surface area contributed by atoms with Gasteiger partial charge in [0.05, 0.1) is 18.2 Å². The molecule has 4 N–H and O–H groups in total. The maximum Gasteiger partial charge on any atom is 0.265 e. The van der Waals surface area contributed by atoms with Crippen molar-refractivity contribution in [1.29, 1.82) is 0 Å². The molecule has 2 saturated heterocycles. The van der Waals surface area contributed by atoms with Gasteiger partial charge in [-0.15, -0.1) is 0 Å². The minimum atomic E-state index is -0.141. The van der Waals surface area contributed by atoms with Gasteiger partial charge in [0.15, 0.2) is 5.13 Å². The predicted octanol–water partition coefficient (Wildman–Crippen LogP) is 1.60. The Bertz CT molecular complexity index is 516. The highest BCUT2D eigenvalue weighted by Gasteiger charge is 2.41. The number of carbonyl (C=O) groups excluding carboxylic acids is 1. The standard InChI is InChI=1S/C13H20N4O2S/c1-6(2)15-13-17-11(14)10(20-13)12(18)16-8-5-7-3-4-9(8)19-7/h6-9H,3-5,14H2,1-2H3,(H,15,17)(H,16,18). The number of ether oxygens (including phenoxy) is 1. The van der Waals surface area contributed by atoms with E-state index in [1.807, 2.05) is 13.8 Å². The van der Waals surface area contributed by atoms with Crippen LogP contribution in [0, 0.1) is 0 Å². The number of aromatic nitrogens is 1. The van der Waals surface area contributed by atoms with Crippen LogP contribution in [0.15, 0.2) is 0 Å². The molecule has 0 saturated carbocycles. The maximum absolute atomic E-state index is 12.3. The molecule has 3 unspecified atom stereocenters. The van der Waals surface area contributed by atoms with Crippen LogP contribution >= 0.6 is 11.3 Å². The van der Waals surface area contributed by atoms with Gasteiger partial charge < -0.3 is 21.1 Å². The summed E-state index contributed by atoms with van der Waals surface area (Å²) in [5.74, 6) is 0.151. The molecule has 1 aromatic heterocycles. The molecule has 2 aliphatic heterocycles. The molecule has 1 amide bonds. The van der Waals surface area contributed by atoms with Crippen LogP contribution in [0.1, 0.15) is 42.8 Å². The van der Waals surface area contributed by atoms with E-state index >= 15 is 0 Å². The van der Waals surface area contributed by atoms with Crippen molar-refractivity contribution in [2.24, 2.45) is 0 Å². The number of carbonyl (C=O) groups is 1. The second-order valence-corrected chi connectivity index (χ2v) is 6.72. The highest BCUT2D eigenvalue weighted by atomic mass is 32.1. The lowest BCUT2D eigenvalue weighted by molar-refractivity contribution is 0.0844. The number of nitrogens with one attached hydrogen (secondary N) is 2. The summed E-state index contributed by atoms with van der Waals surface area (Å²) < 4.78 is 5.74. The smallest absolute Gasteiger partial charge is 0.265 e. The van der Waals surface area contributed by atoms with E-state index in [1.165, 1.54) is 11.3 Å². The molecule has 1 aromatic rings. The maximum atomic E-state index is 12.3. The van der Waals surface area contributed by atoms with E-state index in [4.69, 9.17) is 10.5 Å². The SMILES string of the molecule is CC(C)Nc1nc(N)c(C(=O)NC2CC3CCC2O3)s1. The number of rotatable bonds is 4. The number of hydrogen-bond donors (Lipinski definition) is 3. The molecule has 0 aliphatic carbocycles. The molecule has 7 heteroatoms. The van der Waals surface area contributed by atoms with Gasteiger partial charge in [-0.25, -0.2) is 4.98 Å². The van der Waals surface area contributed by atoms with Crippen molar-refractivity contribution in [3.63, 3.8) is 0 Å². The number of nitrogen functional groups attached to an aromatic ring is 1. The molecule has 0 aromatic carbocycles. The van der Waals surface area contributed by atoms with Crippen LogP contribution in [0.3, 0.4) is 0 Å². The third-order valence-corrected chi connectivity index (χ3v) is 4.70. The number of thiazole rings is 1. The summed E-state index contributed by atoms with van der Waals surface area (Å²) in [4.78, 5) is 17.0. The Labute approximate surface area is 122 Å². The van der Waals surface area contributed by atoms with E-state index in [9.17, 15) is 4.79 Å². The predicted molar refractivity (Wildman–Crippen MR) is 79.1 cm³/mol. The van der Waals surface area contributed by atoms with Gasteiger partial charge >= 0.3 is 0 Å². The Morgan fingerprint density at radius 1 is 1.50 bits per heavy atom. The first-order chi connectivity index (χ1) is 9.52. The van der Waals surface area contributed by atoms with Crippen LogP contribution < -0.4 is 16.4 Å². The first-order valence-corrected chi connectivity index (χ1v) is 7.83. The van der Waals surface area contributed by atoms with Gasteiger partial charge in [0, 0.05) is 6.04 Å². The molecule has 2 aliphatic rings. The highest BCUT2D eigenvalue weighted by Crippen LogP contribution is 2.35. The molecular formula is C13H20N4O2S. The molecule has 3 atom stereocenters. The van der Waals surface area contributed by atoms with E-state index < -0.39 is 0 Å². The molecule has 3 heterocycles. The quantitative estimate of drug-likeness (QED) is 0.785. The van der Waals surface area contributed by atoms with Gasteiger partial charge in [0.25, 0.3) is 5.91 Å². The Morgan fingerprint density at radius 3 is 2.90 bits per heavy atom. The number of fused-ring (bicyclic) bond motifs is 2. The zero-order chi connectivity index (χ0) is 14.3. The summed E-state index contributed by atoms with van der Waals surface area (Å²) >= 11 is 1.30. The van der Waals surface area contributed by atoms with Crippen LogP contribution in [0.5, 0.6) is 0 Å². The van der Waals surface area contributed by atoms with Crippen molar-refractivity contribution in [1.82, 2.24) is 10.3 Å². The van der Waals surface area contributed by atoms with Crippen molar-refractivity contribution in [2.75, 3.05) is 11.1 Å². The zero-order valence-corrected chi connectivity index (χ0v) is 12.5. The van der Waals surface area contributed by atoms with Crippen LogP contribution in [0.2, 0.25) is 0 Å². The van der Waals surface area contributed by atoms with Crippen molar-refractivity contribution < 1.29 is 9.53 Å². The van der Waals surface area contributed by atoms with Crippen LogP contribution in [0.25, 0.3) is 0 Å². The van der Waals surface area contributed by atoms with Crippen LogP contribution in [-0.2, 0) is 4.74 Å². The van der Waals surface area contributed by atoms with E-state index in [0.29, 0.717) is 21.9 Å². The number of nitrogens with two attached hydrogens (primary N) is 1. The molecule has 0 spiro atoms. The fraction of sp³-hybridized carbons (Fsp3) is 0.692. The fourth-order valence-electron chi connectivity index (χ4n) is 2.83. The van der Waals surface area contributed by atoms with E-state index in [-0.39, 0.29) is 24.1 Å². The molecular weight excluding hydrogens is 276 g/mol. The van der Waals surface area contributed by atoms with Crippen LogP contribution in [-0.4, -0.2) is 35.2 Å². The molecule has 3 rings (SSSR count).